The smallest absolute Gasteiger partial charge is 0.255 e. The lowest BCUT2D eigenvalue weighted by atomic mass is 10.2. The van der Waals surface area contributed by atoms with Gasteiger partial charge in [-0.15, -0.1) is 0 Å². The summed E-state index contributed by atoms with van der Waals surface area (Å²) in [6.45, 7) is 0.864. The molecule has 0 spiro atoms. The van der Waals surface area contributed by atoms with Crippen LogP contribution in [-0.4, -0.2) is 59.4 Å². The van der Waals surface area contributed by atoms with Crippen LogP contribution in [0.4, 0.5) is 0 Å². The summed E-state index contributed by atoms with van der Waals surface area (Å²) < 4.78 is 4.89. The van der Waals surface area contributed by atoms with Crippen molar-refractivity contribution >= 4 is 5.91 Å². The topological polar surface area (TPSA) is 82.9 Å². The lowest BCUT2D eigenvalue weighted by Crippen LogP contribution is -2.36. The first-order valence-corrected chi connectivity index (χ1v) is 5.22. The largest absolute Gasteiger partial charge is 0.506 e. The fourth-order valence-corrected chi connectivity index (χ4v) is 1.36. The second kappa shape index (κ2) is 6.82. The van der Waals surface area contributed by atoms with Crippen molar-refractivity contribution in [1.82, 2.24) is 9.88 Å². The average Bonchev–Trinajstić information content (AvgIpc) is 2.33. The van der Waals surface area contributed by atoms with E-state index in [1.807, 2.05) is 0 Å². The molecule has 0 aliphatic carbocycles. The quantitative estimate of drug-likeness (QED) is 0.723. The fourth-order valence-electron chi connectivity index (χ4n) is 1.36. The van der Waals surface area contributed by atoms with Crippen LogP contribution in [0.2, 0.25) is 0 Å². The first-order valence-electron chi connectivity index (χ1n) is 5.22. The predicted molar refractivity (Wildman–Crippen MR) is 60.8 cm³/mol. The number of nitrogens with zero attached hydrogens (tertiary/aromatic N) is 2. The maximum Gasteiger partial charge on any atom is 0.255 e. The summed E-state index contributed by atoms with van der Waals surface area (Å²) in [5.41, 5.74) is 0.287. The fraction of sp³-hybridized carbons (Fsp3) is 0.455. The van der Waals surface area contributed by atoms with Crippen molar-refractivity contribution in [2.24, 2.45) is 0 Å². The highest BCUT2D eigenvalue weighted by atomic mass is 16.5. The zero-order valence-corrected chi connectivity index (χ0v) is 9.67. The number of amides is 1. The first-order chi connectivity index (χ1) is 8.19. The van der Waals surface area contributed by atoms with E-state index in [2.05, 4.69) is 4.98 Å². The summed E-state index contributed by atoms with van der Waals surface area (Å²) in [6, 6.07) is 1.34. The highest BCUT2D eigenvalue weighted by Crippen LogP contribution is 2.10. The third-order valence-electron chi connectivity index (χ3n) is 2.19. The van der Waals surface area contributed by atoms with Gasteiger partial charge in [-0.2, -0.15) is 0 Å². The number of hydrogen-bond donors (Lipinski definition) is 2. The standard InChI is InChI=1S/C11H16N2O4/c1-17-5-3-13(2-4-14)11(16)9-6-10(15)8-12-7-9/h6-8,14-15H,2-5H2,1H3. The van der Waals surface area contributed by atoms with Gasteiger partial charge < -0.3 is 19.8 Å². The molecule has 0 atom stereocenters. The number of aromatic nitrogens is 1. The normalized spacial score (nSPS) is 10.2. The van der Waals surface area contributed by atoms with E-state index >= 15 is 0 Å². The molecular weight excluding hydrogens is 224 g/mol. The molecule has 1 heterocycles. The van der Waals surface area contributed by atoms with Crippen LogP contribution in [0.25, 0.3) is 0 Å². The molecule has 6 nitrogen and oxygen atoms in total. The Balaban J connectivity index is 2.76. The van der Waals surface area contributed by atoms with E-state index < -0.39 is 0 Å². The van der Waals surface area contributed by atoms with Crippen molar-refractivity contribution in [2.75, 3.05) is 33.4 Å². The number of carbonyl (C=O) groups excluding carboxylic acids is 1. The molecule has 0 aliphatic heterocycles. The number of pyridine rings is 1. The Morgan fingerprint density at radius 1 is 1.47 bits per heavy atom. The van der Waals surface area contributed by atoms with E-state index in [9.17, 15) is 9.90 Å². The van der Waals surface area contributed by atoms with Crippen LogP contribution in [0, 0.1) is 0 Å². The van der Waals surface area contributed by atoms with Crippen molar-refractivity contribution in [1.29, 1.82) is 0 Å². The Labute approximate surface area is 99.5 Å². The van der Waals surface area contributed by atoms with Crippen LogP contribution in [0.3, 0.4) is 0 Å². The third-order valence-corrected chi connectivity index (χ3v) is 2.19. The van der Waals surface area contributed by atoms with E-state index in [1.165, 1.54) is 30.5 Å². The van der Waals surface area contributed by atoms with Crippen molar-refractivity contribution in [3.05, 3.63) is 24.0 Å². The Morgan fingerprint density at radius 3 is 2.82 bits per heavy atom. The molecular formula is C11H16N2O4. The Hall–Kier alpha value is -1.66. The van der Waals surface area contributed by atoms with Crippen LogP contribution in [0.15, 0.2) is 18.5 Å². The van der Waals surface area contributed by atoms with Crippen molar-refractivity contribution in [3.8, 4) is 5.75 Å². The molecule has 0 fully saturated rings. The van der Waals surface area contributed by atoms with Crippen LogP contribution in [0.1, 0.15) is 10.4 Å². The van der Waals surface area contributed by atoms with Gasteiger partial charge in [0.05, 0.1) is 25.0 Å². The molecule has 2 N–H and O–H groups in total. The van der Waals surface area contributed by atoms with Gasteiger partial charge in [0.2, 0.25) is 0 Å². The molecule has 1 aromatic heterocycles. The predicted octanol–water partition coefficient (Wildman–Crippen LogP) is -0.132. The van der Waals surface area contributed by atoms with Crippen molar-refractivity contribution in [3.63, 3.8) is 0 Å². The number of aromatic hydroxyl groups is 1. The van der Waals surface area contributed by atoms with E-state index in [0.29, 0.717) is 13.2 Å². The molecule has 1 amide bonds. The van der Waals surface area contributed by atoms with Gasteiger partial charge in [0.1, 0.15) is 5.75 Å². The van der Waals surface area contributed by atoms with Crippen LogP contribution >= 0.6 is 0 Å². The summed E-state index contributed by atoms with van der Waals surface area (Å²) in [5, 5.41) is 18.1. The Kier molecular flexibility index (Phi) is 5.38. The van der Waals surface area contributed by atoms with Crippen LogP contribution in [0.5, 0.6) is 5.75 Å². The van der Waals surface area contributed by atoms with Gasteiger partial charge in [0.25, 0.3) is 5.91 Å². The van der Waals surface area contributed by atoms with Gasteiger partial charge in [-0.25, -0.2) is 0 Å². The summed E-state index contributed by atoms with van der Waals surface area (Å²) in [5.74, 6) is -0.356. The van der Waals surface area contributed by atoms with Gasteiger partial charge in [0.15, 0.2) is 0 Å². The lowest BCUT2D eigenvalue weighted by molar-refractivity contribution is 0.0655. The highest BCUT2D eigenvalue weighted by molar-refractivity contribution is 5.94. The summed E-state index contributed by atoms with van der Waals surface area (Å²) >= 11 is 0. The van der Waals surface area contributed by atoms with Gasteiger partial charge in [-0.1, -0.05) is 0 Å². The van der Waals surface area contributed by atoms with E-state index in [4.69, 9.17) is 9.84 Å². The second-order valence-corrected chi connectivity index (χ2v) is 3.44. The molecule has 0 aliphatic rings. The number of hydrogen-bond acceptors (Lipinski definition) is 5. The zero-order chi connectivity index (χ0) is 12.7. The minimum absolute atomic E-state index is 0.0634. The number of carbonyl (C=O) groups is 1. The van der Waals surface area contributed by atoms with Crippen molar-refractivity contribution in [2.45, 2.75) is 0 Å². The van der Waals surface area contributed by atoms with Gasteiger partial charge >= 0.3 is 0 Å². The van der Waals surface area contributed by atoms with Gasteiger partial charge in [0, 0.05) is 26.4 Å². The van der Waals surface area contributed by atoms with Crippen LogP contribution in [-0.2, 0) is 4.74 Å². The maximum atomic E-state index is 12.0. The molecule has 0 aromatic carbocycles. The molecule has 17 heavy (non-hydrogen) atoms. The summed E-state index contributed by atoms with van der Waals surface area (Å²) in [6.07, 6.45) is 2.63. The van der Waals surface area contributed by atoms with E-state index in [1.54, 1.807) is 0 Å². The average molecular weight is 240 g/mol. The SMILES string of the molecule is COCCN(CCO)C(=O)c1cncc(O)c1. The monoisotopic (exact) mass is 240 g/mol. The number of rotatable bonds is 6. The Morgan fingerprint density at radius 2 is 2.24 bits per heavy atom. The second-order valence-electron chi connectivity index (χ2n) is 3.44. The molecule has 0 radical (unpaired) electrons. The molecule has 1 aromatic rings. The van der Waals surface area contributed by atoms with Crippen LogP contribution < -0.4 is 0 Å². The third kappa shape index (κ3) is 4.01. The van der Waals surface area contributed by atoms with Crippen molar-refractivity contribution < 1.29 is 19.7 Å². The van der Waals surface area contributed by atoms with Gasteiger partial charge in [-0.3, -0.25) is 9.78 Å². The molecule has 0 saturated carbocycles. The lowest BCUT2D eigenvalue weighted by Gasteiger charge is -2.21. The molecule has 0 bridgehead atoms. The van der Waals surface area contributed by atoms with E-state index in [0.717, 1.165) is 0 Å². The van der Waals surface area contributed by atoms with E-state index in [-0.39, 0.29) is 30.4 Å². The first kappa shape index (κ1) is 13.4. The zero-order valence-electron chi connectivity index (χ0n) is 9.67. The number of ether oxygens (including phenoxy) is 1. The molecule has 1 rings (SSSR count). The number of aliphatic hydroxyl groups is 1. The summed E-state index contributed by atoms with van der Waals surface area (Å²) in [4.78, 5) is 17.2. The highest BCUT2D eigenvalue weighted by Gasteiger charge is 2.15. The number of aliphatic hydroxyl groups excluding tert-OH is 1. The molecule has 6 heteroatoms. The maximum absolute atomic E-state index is 12.0. The summed E-state index contributed by atoms with van der Waals surface area (Å²) in [7, 11) is 1.54. The minimum atomic E-state index is -0.292. The number of methoxy groups -OCH3 is 1. The molecule has 94 valence electrons. The minimum Gasteiger partial charge on any atom is -0.506 e. The molecule has 0 saturated heterocycles. The Bertz CT molecular complexity index is 370. The molecule has 0 unspecified atom stereocenters. The van der Waals surface area contributed by atoms with Gasteiger partial charge in [-0.05, 0) is 6.07 Å².